The molecule has 6 heteroatoms. The number of hydrogen-bond donors (Lipinski definition) is 1. The maximum absolute atomic E-state index is 5.87. The second-order valence-electron chi connectivity index (χ2n) is 5.33. The second-order valence-corrected chi connectivity index (χ2v) is 5.33. The fraction of sp³-hybridized carbons (Fsp3) is 0.400. The van der Waals surface area contributed by atoms with E-state index in [1.165, 1.54) is 18.4 Å². The number of para-hydroxylation sites is 1. The number of anilines is 4. The van der Waals surface area contributed by atoms with E-state index in [4.69, 9.17) is 5.73 Å². The van der Waals surface area contributed by atoms with Crippen LogP contribution in [0.25, 0.3) is 0 Å². The van der Waals surface area contributed by atoms with E-state index in [1.54, 1.807) is 0 Å². The third-order valence-corrected chi connectivity index (χ3v) is 3.79. The molecule has 1 aliphatic heterocycles. The van der Waals surface area contributed by atoms with Crippen molar-refractivity contribution >= 4 is 23.5 Å². The van der Waals surface area contributed by atoms with Gasteiger partial charge in [0.1, 0.15) is 0 Å². The molecule has 2 heterocycles. The van der Waals surface area contributed by atoms with Gasteiger partial charge >= 0.3 is 0 Å². The molecule has 0 aliphatic carbocycles. The van der Waals surface area contributed by atoms with Crippen LogP contribution < -0.4 is 15.5 Å². The van der Waals surface area contributed by atoms with E-state index >= 15 is 0 Å². The molecule has 3 rings (SSSR count). The number of hydrogen-bond acceptors (Lipinski definition) is 6. The highest BCUT2D eigenvalue weighted by Gasteiger charge is 2.18. The van der Waals surface area contributed by atoms with E-state index < -0.39 is 0 Å². The van der Waals surface area contributed by atoms with Gasteiger partial charge in [0.2, 0.25) is 17.8 Å². The molecule has 21 heavy (non-hydrogen) atoms. The molecule has 0 saturated carbocycles. The summed E-state index contributed by atoms with van der Waals surface area (Å²) < 4.78 is 0. The van der Waals surface area contributed by atoms with Crippen LogP contribution in [0.2, 0.25) is 0 Å². The average Bonchev–Trinajstić information content (AvgIpc) is 3.01. The van der Waals surface area contributed by atoms with E-state index in [2.05, 4.69) is 32.8 Å². The SMILES string of the molecule is Cc1ccccc1N(C)c1nc(N)nc(N2CCCC2)n1. The first-order chi connectivity index (χ1) is 10.1. The van der Waals surface area contributed by atoms with Gasteiger partial charge in [-0.25, -0.2) is 0 Å². The van der Waals surface area contributed by atoms with E-state index in [9.17, 15) is 0 Å². The smallest absolute Gasteiger partial charge is 0.236 e. The van der Waals surface area contributed by atoms with Crippen LogP contribution in [0.15, 0.2) is 24.3 Å². The van der Waals surface area contributed by atoms with E-state index in [0.29, 0.717) is 11.9 Å². The van der Waals surface area contributed by atoms with Crippen LogP contribution in [0, 0.1) is 6.92 Å². The van der Waals surface area contributed by atoms with Crippen LogP contribution in [0.3, 0.4) is 0 Å². The summed E-state index contributed by atoms with van der Waals surface area (Å²) in [7, 11) is 1.95. The third kappa shape index (κ3) is 2.74. The highest BCUT2D eigenvalue weighted by atomic mass is 15.3. The minimum Gasteiger partial charge on any atom is -0.368 e. The first-order valence-corrected chi connectivity index (χ1v) is 7.21. The standard InChI is InChI=1S/C15H20N6/c1-11-7-3-4-8-12(11)20(2)14-17-13(16)18-15(19-14)21-9-5-6-10-21/h3-4,7-8H,5-6,9-10H2,1-2H3,(H2,16,17,18,19). The van der Waals surface area contributed by atoms with Gasteiger partial charge in [0, 0.05) is 25.8 Å². The zero-order chi connectivity index (χ0) is 14.8. The lowest BCUT2D eigenvalue weighted by atomic mass is 10.2. The summed E-state index contributed by atoms with van der Waals surface area (Å²) in [6.07, 6.45) is 2.35. The molecule has 0 spiro atoms. The number of nitrogens with zero attached hydrogens (tertiary/aromatic N) is 5. The summed E-state index contributed by atoms with van der Waals surface area (Å²) in [5.74, 6) is 1.52. The molecule has 1 saturated heterocycles. The molecule has 0 bridgehead atoms. The fourth-order valence-corrected chi connectivity index (χ4v) is 2.63. The molecule has 2 aromatic rings. The number of nitrogen functional groups attached to an aromatic ring is 1. The predicted molar refractivity (Wildman–Crippen MR) is 84.9 cm³/mol. The number of nitrogens with two attached hydrogens (primary N) is 1. The topological polar surface area (TPSA) is 71.2 Å². The van der Waals surface area contributed by atoms with Gasteiger partial charge in [-0.05, 0) is 31.4 Å². The Balaban J connectivity index is 1.96. The van der Waals surface area contributed by atoms with Crippen LogP contribution in [0.5, 0.6) is 0 Å². The number of aryl methyl sites for hydroxylation is 1. The number of aromatic nitrogens is 3. The van der Waals surface area contributed by atoms with Crippen LogP contribution in [-0.4, -0.2) is 35.1 Å². The predicted octanol–water partition coefficient (Wildman–Crippen LogP) is 2.13. The van der Waals surface area contributed by atoms with Gasteiger partial charge in [-0.1, -0.05) is 18.2 Å². The van der Waals surface area contributed by atoms with Gasteiger partial charge < -0.3 is 15.5 Å². The molecule has 1 aliphatic rings. The van der Waals surface area contributed by atoms with Crippen LogP contribution in [0.1, 0.15) is 18.4 Å². The van der Waals surface area contributed by atoms with Gasteiger partial charge in [0.25, 0.3) is 0 Å². The van der Waals surface area contributed by atoms with E-state index in [0.717, 1.165) is 18.8 Å². The normalized spacial score (nSPS) is 14.5. The van der Waals surface area contributed by atoms with Crippen molar-refractivity contribution in [1.82, 2.24) is 15.0 Å². The van der Waals surface area contributed by atoms with Crippen molar-refractivity contribution in [2.24, 2.45) is 0 Å². The Morgan fingerprint density at radius 1 is 1.10 bits per heavy atom. The van der Waals surface area contributed by atoms with Gasteiger partial charge in [0.15, 0.2) is 0 Å². The van der Waals surface area contributed by atoms with Crippen LogP contribution >= 0.6 is 0 Å². The molecule has 1 aromatic carbocycles. The van der Waals surface area contributed by atoms with Crippen molar-refractivity contribution in [1.29, 1.82) is 0 Å². The molecular formula is C15H20N6. The van der Waals surface area contributed by atoms with Crippen LogP contribution in [0.4, 0.5) is 23.5 Å². The Hall–Kier alpha value is -2.37. The summed E-state index contributed by atoms with van der Waals surface area (Å²) in [4.78, 5) is 17.2. The maximum atomic E-state index is 5.87. The zero-order valence-electron chi connectivity index (χ0n) is 12.5. The second kappa shape index (κ2) is 5.55. The average molecular weight is 284 g/mol. The maximum Gasteiger partial charge on any atom is 0.236 e. The minimum atomic E-state index is 0.266. The Labute approximate surface area is 124 Å². The molecule has 6 nitrogen and oxygen atoms in total. The number of benzene rings is 1. The first-order valence-electron chi connectivity index (χ1n) is 7.21. The van der Waals surface area contributed by atoms with E-state index in [1.807, 2.05) is 30.1 Å². The summed E-state index contributed by atoms with van der Waals surface area (Å²) in [5, 5.41) is 0. The Kier molecular flexibility index (Phi) is 3.60. The highest BCUT2D eigenvalue weighted by Crippen LogP contribution is 2.26. The Morgan fingerprint density at radius 2 is 1.81 bits per heavy atom. The quantitative estimate of drug-likeness (QED) is 0.931. The summed E-state index contributed by atoms with van der Waals surface area (Å²) in [6, 6.07) is 8.14. The molecular weight excluding hydrogens is 264 g/mol. The molecule has 0 unspecified atom stereocenters. The summed E-state index contributed by atoms with van der Waals surface area (Å²) in [6.45, 7) is 4.03. The summed E-state index contributed by atoms with van der Waals surface area (Å²) >= 11 is 0. The summed E-state index contributed by atoms with van der Waals surface area (Å²) in [5.41, 5.74) is 8.10. The minimum absolute atomic E-state index is 0.266. The Morgan fingerprint density at radius 3 is 2.52 bits per heavy atom. The molecule has 0 atom stereocenters. The van der Waals surface area contributed by atoms with Gasteiger partial charge in [-0.3, -0.25) is 0 Å². The molecule has 2 N–H and O–H groups in total. The highest BCUT2D eigenvalue weighted by molar-refractivity contribution is 5.62. The molecule has 1 fully saturated rings. The van der Waals surface area contributed by atoms with Crippen molar-refractivity contribution in [3.8, 4) is 0 Å². The lowest BCUT2D eigenvalue weighted by Crippen LogP contribution is -2.23. The van der Waals surface area contributed by atoms with Gasteiger partial charge in [-0.2, -0.15) is 15.0 Å². The fourth-order valence-electron chi connectivity index (χ4n) is 2.63. The third-order valence-electron chi connectivity index (χ3n) is 3.79. The Bertz CT molecular complexity index is 636. The molecule has 0 amide bonds. The molecule has 110 valence electrons. The monoisotopic (exact) mass is 284 g/mol. The zero-order valence-corrected chi connectivity index (χ0v) is 12.5. The van der Waals surface area contributed by atoms with Crippen molar-refractivity contribution in [2.75, 3.05) is 35.7 Å². The lowest BCUT2D eigenvalue weighted by Gasteiger charge is -2.22. The molecule has 1 aromatic heterocycles. The van der Waals surface area contributed by atoms with Crippen molar-refractivity contribution in [3.05, 3.63) is 29.8 Å². The molecule has 0 radical (unpaired) electrons. The lowest BCUT2D eigenvalue weighted by molar-refractivity contribution is 0.875. The number of rotatable bonds is 3. The van der Waals surface area contributed by atoms with E-state index in [-0.39, 0.29) is 5.95 Å². The van der Waals surface area contributed by atoms with Crippen molar-refractivity contribution in [2.45, 2.75) is 19.8 Å². The van der Waals surface area contributed by atoms with Crippen molar-refractivity contribution < 1.29 is 0 Å². The van der Waals surface area contributed by atoms with Gasteiger partial charge in [0.05, 0.1) is 0 Å². The van der Waals surface area contributed by atoms with Crippen molar-refractivity contribution in [3.63, 3.8) is 0 Å². The van der Waals surface area contributed by atoms with Crippen LogP contribution in [-0.2, 0) is 0 Å². The largest absolute Gasteiger partial charge is 0.368 e. The van der Waals surface area contributed by atoms with Gasteiger partial charge in [-0.15, -0.1) is 0 Å². The first kappa shape index (κ1) is 13.6.